The van der Waals surface area contributed by atoms with Crippen LogP contribution in [0.2, 0.25) is 0 Å². The Morgan fingerprint density at radius 2 is 1.20 bits per heavy atom. The van der Waals surface area contributed by atoms with Crippen LogP contribution in [0, 0.1) is 0 Å². The minimum atomic E-state index is -1.13. The number of aromatic nitrogens is 3. The van der Waals surface area contributed by atoms with E-state index >= 15 is 0 Å². The lowest BCUT2D eigenvalue weighted by Crippen LogP contribution is -2.57. The number of carbonyl (C=O) groups excluding carboxylic acids is 3. The summed E-state index contributed by atoms with van der Waals surface area (Å²) >= 11 is 0. The van der Waals surface area contributed by atoms with E-state index in [0.717, 1.165) is 18.2 Å². The van der Waals surface area contributed by atoms with Crippen molar-refractivity contribution in [1.82, 2.24) is 13.9 Å². The molecule has 1 heterocycles. The predicted molar refractivity (Wildman–Crippen MR) is 103 cm³/mol. The van der Waals surface area contributed by atoms with E-state index in [9.17, 15) is 28.8 Å². The van der Waals surface area contributed by atoms with E-state index in [1.54, 1.807) is 0 Å². The largest absolute Gasteiger partial charge is 0.461 e. The van der Waals surface area contributed by atoms with Gasteiger partial charge >= 0.3 is 29.0 Å². The molecule has 0 fully saturated rings. The molecule has 1 aromatic heterocycles. The molecule has 1 rings (SSSR count). The van der Waals surface area contributed by atoms with E-state index in [-0.39, 0.29) is 45.1 Å². The van der Waals surface area contributed by atoms with Crippen molar-refractivity contribution >= 4 is 17.7 Å². The third kappa shape index (κ3) is 6.58. The molecule has 0 amide bonds. The first-order valence-electron chi connectivity index (χ1n) is 8.60. The lowest BCUT2D eigenvalue weighted by atomic mass is 10.3. The zero-order valence-electron chi connectivity index (χ0n) is 16.1. The molecular formula is C18H21N3O9. The molecule has 0 unspecified atom stereocenters. The fraction of sp³-hybridized carbons (Fsp3) is 0.333. The van der Waals surface area contributed by atoms with Crippen molar-refractivity contribution in [2.45, 2.75) is 19.5 Å². The van der Waals surface area contributed by atoms with Crippen LogP contribution in [0.15, 0.2) is 52.3 Å². The van der Waals surface area contributed by atoms with Crippen LogP contribution in [0.25, 0.3) is 0 Å². The minimum absolute atomic E-state index is 0.164. The number of carbonyl (C=O) groups is 3. The molecule has 0 spiro atoms. The number of nitrogens with zero attached hydrogens (tertiary/aromatic N) is 3. The van der Waals surface area contributed by atoms with Gasteiger partial charge in [-0.25, -0.2) is 33.1 Å². The third-order valence-electron chi connectivity index (χ3n) is 3.52. The zero-order valence-corrected chi connectivity index (χ0v) is 16.1. The molecule has 0 saturated heterocycles. The molecule has 0 saturated carbocycles. The second kappa shape index (κ2) is 11.8. The summed E-state index contributed by atoms with van der Waals surface area (Å²) in [5.74, 6) is -1.93. The van der Waals surface area contributed by atoms with E-state index in [4.69, 9.17) is 14.3 Å². The molecule has 0 aliphatic rings. The predicted octanol–water partition coefficient (Wildman–Crippen LogP) is -1.80. The summed E-state index contributed by atoms with van der Waals surface area (Å²) in [5.41, 5.74) is -3.30. The Bertz CT molecular complexity index is 854. The maximum atomic E-state index is 12.6. The molecule has 12 heteroatoms. The summed E-state index contributed by atoms with van der Waals surface area (Å²) in [6.45, 7) is 7.87. The van der Waals surface area contributed by atoms with Crippen LogP contribution in [-0.2, 0) is 36.9 Å². The van der Waals surface area contributed by atoms with Crippen molar-refractivity contribution in [3.8, 4) is 0 Å². The lowest BCUT2D eigenvalue weighted by Gasteiger charge is -2.14. The summed E-state index contributed by atoms with van der Waals surface area (Å²) in [6.07, 6.45) is 2.68. The zero-order chi connectivity index (χ0) is 22.7. The molecule has 0 aromatic carbocycles. The first-order chi connectivity index (χ1) is 14.3. The van der Waals surface area contributed by atoms with Crippen molar-refractivity contribution in [3.63, 3.8) is 0 Å². The molecule has 0 atom stereocenters. The van der Waals surface area contributed by atoms with E-state index < -0.39 is 29.0 Å². The molecule has 162 valence electrons. The highest BCUT2D eigenvalue weighted by molar-refractivity contribution is 5.89. The molecule has 0 aliphatic heterocycles. The Hall–Kier alpha value is -3.96. The van der Waals surface area contributed by atoms with Crippen molar-refractivity contribution in [3.05, 3.63) is 69.4 Å². The molecule has 30 heavy (non-hydrogen) atoms. The SMILES string of the molecule is C=CC(=O)CCOn1c(=O)n(CCOC(=O)C=C)c(=O)n(CCOC(=O)C=C)c1=O. The Morgan fingerprint density at radius 1 is 0.733 bits per heavy atom. The molecular weight excluding hydrogens is 402 g/mol. The van der Waals surface area contributed by atoms with Gasteiger partial charge in [0.2, 0.25) is 0 Å². The summed E-state index contributed by atoms with van der Waals surface area (Å²) in [4.78, 5) is 76.2. The first kappa shape index (κ1) is 24.1. The highest BCUT2D eigenvalue weighted by Crippen LogP contribution is 1.86. The molecule has 0 aliphatic carbocycles. The van der Waals surface area contributed by atoms with Gasteiger partial charge in [-0.1, -0.05) is 24.5 Å². The number of hydrogen-bond donors (Lipinski definition) is 0. The van der Waals surface area contributed by atoms with Gasteiger partial charge in [-0.15, -0.1) is 0 Å². The Balaban J connectivity index is 3.24. The normalized spacial score (nSPS) is 10.0. The van der Waals surface area contributed by atoms with Crippen LogP contribution in [0.1, 0.15) is 6.42 Å². The van der Waals surface area contributed by atoms with Gasteiger partial charge in [-0.3, -0.25) is 4.79 Å². The summed E-state index contributed by atoms with van der Waals surface area (Å²) in [7, 11) is 0. The Morgan fingerprint density at radius 3 is 1.60 bits per heavy atom. The van der Waals surface area contributed by atoms with E-state index in [0.29, 0.717) is 13.9 Å². The Labute approximate surface area is 169 Å². The Kier molecular flexibility index (Phi) is 9.46. The number of rotatable bonds is 13. The number of esters is 2. The summed E-state index contributed by atoms with van der Waals surface area (Å²) in [6, 6.07) is 0. The van der Waals surface area contributed by atoms with Crippen LogP contribution in [0.3, 0.4) is 0 Å². The van der Waals surface area contributed by atoms with Crippen LogP contribution in [0.5, 0.6) is 0 Å². The average molecular weight is 423 g/mol. The van der Waals surface area contributed by atoms with Crippen LogP contribution in [-0.4, -0.2) is 51.4 Å². The van der Waals surface area contributed by atoms with Gasteiger partial charge in [0, 0.05) is 18.6 Å². The number of ketones is 1. The number of ether oxygens (including phenoxy) is 2. The van der Waals surface area contributed by atoms with Gasteiger partial charge in [-0.2, -0.15) is 0 Å². The fourth-order valence-corrected chi connectivity index (χ4v) is 2.04. The highest BCUT2D eigenvalue weighted by Gasteiger charge is 2.17. The van der Waals surface area contributed by atoms with Gasteiger partial charge in [-0.05, 0) is 6.08 Å². The topological polar surface area (TPSA) is 145 Å². The molecule has 0 radical (unpaired) electrons. The highest BCUT2D eigenvalue weighted by atomic mass is 16.7. The van der Waals surface area contributed by atoms with Gasteiger partial charge in [0.15, 0.2) is 5.78 Å². The third-order valence-corrected chi connectivity index (χ3v) is 3.52. The average Bonchev–Trinajstić information content (AvgIpc) is 2.74. The van der Waals surface area contributed by atoms with E-state index in [1.165, 1.54) is 0 Å². The second-order valence-corrected chi connectivity index (χ2v) is 5.44. The summed E-state index contributed by atoms with van der Waals surface area (Å²) in [5, 5.41) is 0. The van der Waals surface area contributed by atoms with Crippen LogP contribution < -0.4 is 21.9 Å². The fourth-order valence-electron chi connectivity index (χ4n) is 2.04. The minimum Gasteiger partial charge on any atom is -0.461 e. The number of allylic oxidation sites excluding steroid dienone is 1. The lowest BCUT2D eigenvalue weighted by molar-refractivity contribution is -0.138. The van der Waals surface area contributed by atoms with E-state index in [1.807, 2.05) is 0 Å². The maximum Gasteiger partial charge on any atom is 0.370 e. The smallest absolute Gasteiger partial charge is 0.370 e. The first-order valence-corrected chi connectivity index (χ1v) is 8.60. The summed E-state index contributed by atoms with van der Waals surface area (Å²) < 4.78 is 11.0. The maximum absolute atomic E-state index is 12.6. The molecule has 0 bridgehead atoms. The van der Waals surface area contributed by atoms with Gasteiger partial charge in [0.05, 0.1) is 13.1 Å². The molecule has 12 nitrogen and oxygen atoms in total. The van der Waals surface area contributed by atoms with Crippen molar-refractivity contribution in [2.75, 3.05) is 19.8 Å². The monoisotopic (exact) mass is 423 g/mol. The second-order valence-electron chi connectivity index (χ2n) is 5.44. The number of hydrogen-bond acceptors (Lipinski definition) is 9. The van der Waals surface area contributed by atoms with Crippen LogP contribution in [0.4, 0.5) is 0 Å². The van der Waals surface area contributed by atoms with Gasteiger partial charge in [0.1, 0.15) is 19.8 Å². The standard InChI is InChI=1S/C18H21N3O9/c1-4-13(22)7-10-30-21-17(26)19(8-11-28-14(23)5-2)16(25)20(18(21)27)9-12-29-15(24)6-3/h4-6H,1-3,7-12H2. The van der Waals surface area contributed by atoms with Crippen molar-refractivity contribution in [2.24, 2.45) is 0 Å². The molecule has 1 aromatic rings. The quantitative estimate of drug-likeness (QED) is 0.265. The van der Waals surface area contributed by atoms with Gasteiger partial charge < -0.3 is 14.3 Å². The van der Waals surface area contributed by atoms with Crippen molar-refractivity contribution < 1.29 is 28.7 Å². The van der Waals surface area contributed by atoms with Crippen LogP contribution >= 0.6 is 0 Å². The van der Waals surface area contributed by atoms with E-state index in [2.05, 4.69) is 19.7 Å². The molecule has 0 N–H and O–H groups in total. The van der Waals surface area contributed by atoms with Gasteiger partial charge in [0.25, 0.3) is 0 Å². The van der Waals surface area contributed by atoms with Crippen molar-refractivity contribution in [1.29, 1.82) is 0 Å².